The van der Waals surface area contributed by atoms with Gasteiger partial charge in [0.1, 0.15) is 0 Å². The molecule has 1 saturated heterocycles. The number of unbranched alkanes of at least 4 members (excludes halogenated alkanes) is 10. The lowest BCUT2D eigenvalue weighted by Crippen LogP contribution is -2.40. The number of hydrogen-bond acceptors (Lipinski definition) is 5. The zero-order valence-electron chi connectivity index (χ0n) is 27.8. The van der Waals surface area contributed by atoms with Gasteiger partial charge >= 0.3 is 0 Å². The number of amides is 1. The van der Waals surface area contributed by atoms with Crippen LogP contribution < -0.4 is 5.32 Å². The van der Waals surface area contributed by atoms with Crippen molar-refractivity contribution in [2.45, 2.75) is 133 Å². The fourth-order valence-corrected chi connectivity index (χ4v) is 6.12. The molecule has 1 heterocycles. The number of carbonyl (C=O) groups is 1. The molecule has 2 aromatic carbocycles. The van der Waals surface area contributed by atoms with Crippen LogP contribution in [0, 0.1) is 0 Å². The van der Waals surface area contributed by atoms with Crippen LogP contribution in [0.5, 0.6) is 0 Å². The summed E-state index contributed by atoms with van der Waals surface area (Å²) in [6.07, 6.45) is 15.5. The van der Waals surface area contributed by atoms with E-state index in [1.807, 2.05) is 36.4 Å². The first-order chi connectivity index (χ1) is 22.2. The van der Waals surface area contributed by atoms with E-state index >= 15 is 0 Å². The molecule has 6 nitrogen and oxygen atoms in total. The van der Waals surface area contributed by atoms with E-state index < -0.39 is 16.0 Å². The number of benzene rings is 2. The number of rotatable bonds is 21. The lowest BCUT2D eigenvalue weighted by atomic mass is 9.99. The van der Waals surface area contributed by atoms with Gasteiger partial charge in [-0.05, 0) is 42.6 Å². The highest BCUT2D eigenvalue weighted by Gasteiger charge is 2.33. The van der Waals surface area contributed by atoms with E-state index in [0.29, 0.717) is 0 Å². The molecule has 1 fully saturated rings. The normalized spacial score (nSPS) is 18.6. The molecule has 0 radical (unpaired) electrons. The van der Waals surface area contributed by atoms with Gasteiger partial charge in [-0.3, -0.25) is 4.79 Å². The molecule has 3 atom stereocenters. The Bertz CT molecular complexity index is 1100. The van der Waals surface area contributed by atoms with Crippen molar-refractivity contribution in [3.8, 4) is 0 Å². The number of carbonyl (C=O) groups excluding carboxylic acids is 1. The minimum atomic E-state index is -2.00. The summed E-state index contributed by atoms with van der Waals surface area (Å²) in [5.41, 5.74) is 3.75. The van der Waals surface area contributed by atoms with E-state index in [-0.39, 0.29) is 25.4 Å². The van der Waals surface area contributed by atoms with Crippen molar-refractivity contribution in [1.82, 2.24) is 10.2 Å². The van der Waals surface area contributed by atoms with Crippen LogP contribution in [0.25, 0.3) is 0 Å². The van der Waals surface area contributed by atoms with E-state index in [1.54, 1.807) is 0 Å². The van der Waals surface area contributed by atoms with Crippen molar-refractivity contribution in [2.75, 3.05) is 19.6 Å². The van der Waals surface area contributed by atoms with Gasteiger partial charge in [0.15, 0.2) is 6.29 Å². The molecule has 46 heavy (non-hydrogen) atoms. The van der Waals surface area contributed by atoms with Crippen LogP contribution >= 0.6 is 34.8 Å². The maximum atomic E-state index is 12.0. The molecular formula is C37H55Cl3N2O4. The highest BCUT2D eigenvalue weighted by Crippen LogP contribution is 2.38. The second-order valence-corrected chi connectivity index (χ2v) is 14.9. The third-order valence-electron chi connectivity index (χ3n) is 8.69. The summed E-state index contributed by atoms with van der Waals surface area (Å²) < 4.78 is 11.2. The van der Waals surface area contributed by atoms with Crippen molar-refractivity contribution in [3.05, 3.63) is 70.8 Å². The molecule has 2 aromatic rings. The van der Waals surface area contributed by atoms with Crippen LogP contribution in [0.3, 0.4) is 0 Å². The number of nitrogens with one attached hydrogen (secondary N) is 1. The predicted molar refractivity (Wildman–Crippen MR) is 190 cm³/mol. The van der Waals surface area contributed by atoms with E-state index in [2.05, 4.69) is 36.2 Å². The van der Waals surface area contributed by atoms with E-state index in [4.69, 9.17) is 44.3 Å². The highest BCUT2D eigenvalue weighted by molar-refractivity contribution is 6.76. The van der Waals surface area contributed by atoms with Crippen LogP contribution in [0.4, 0.5) is 0 Å². The Morgan fingerprint density at radius 3 is 1.85 bits per heavy atom. The van der Waals surface area contributed by atoms with Gasteiger partial charge in [-0.1, -0.05) is 161 Å². The second-order valence-electron chi connectivity index (χ2n) is 12.6. The van der Waals surface area contributed by atoms with Gasteiger partial charge in [0.2, 0.25) is 0 Å². The summed E-state index contributed by atoms with van der Waals surface area (Å²) >= 11 is 17.1. The first kappa shape index (κ1) is 39.1. The third kappa shape index (κ3) is 14.4. The number of aliphatic hydroxyl groups is 1. The van der Waals surface area contributed by atoms with Gasteiger partial charge in [0, 0.05) is 25.1 Å². The Morgan fingerprint density at radius 2 is 1.30 bits per heavy atom. The molecule has 3 unspecified atom stereocenters. The van der Waals surface area contributed by atoms with Crippen LogP contribution in [0.15, 0.2) is 48.5 Å². The minimum absolute atomic E-state index is 0.00435. The van der Waals surface area contributed by atoms with Gasteiger partial charge < -0.3 is 24.8 Å². The van der Waals surface area contributed by atoms with Gasteiger partial charge in [-0.25, -0.2) is 0 Å². The Balaban J connectivity index is 1.71. The summed E-state index contributed by atoms with van der Waals surface area (Å²) in [6.45, 7) is 7.85. The smallest absolute Gasteiger partial charge is 0.272 e. The van der Waals surface area contributed by atoms with Gasteiger partial charge in [0.25, 0.3) is 9.70 Å². The number of nitrogens with zero attached hydrogens (tertiary/aromatic N) is 1. The summed E-state index contributed by atoms with van der Waals surface area (Å²) in [7, 11) is 0. The molecule has 9 heteroatoms. The molecule has 1 aliphatic rings. The predicted octanol–water partition coefficient (Wildman–Crippen LogP) is 9.73. The third-order valence-corrected chi connectivity index (χ3v) is 9.21. The number of aliphatic hydroxyl groups excluding tert-OH is 1. The second kappa shape index (κ2) is 21.6. The number of hydrogen-bond donors (Lipinski definition) is 2. The summed E-state index contributed by atoms with van der Waals surface area (Å²) in [6, 6.07) is 15.8. The molecule has 1 amide bonds. The Labute approximate surface area is 292 Å². The fraction of sp³-hybridized carbons (Fsp3) is 0.649. The van der Waals surface area contributed by atoms with Crippen LogP contribution in [-0.2, 0) is 27.4 Å². The zero-order chi connectivity index (χ0) is 33.2. The van der Waals surface area contributed by atoms with E-state index in [0.717, 1.165) is 48.3 Å². The quantitative estimate of drug-likeness (QED) is 0.100. The Kier molecular flexibility index (Phi) is 18.3. The standard InChI is InChI=1S/C37H55Cl3N2O4/c1-3-5-7-9-11-13-23-42(24-14-12-10-8-6-4-2)27-33-25-34(31-19-17-30(28-43)18-20-31)46-35(45-33)32-21-15-29(16-22-32)26-41-36(44)37(38,39)40/h15-22,33-35,43H,3-14,23-28H2,1-2H3,(H,41,44). The lowest BCUT2D eigenvalue weighted by molar-refractivity contribution is -0.253. The first-order valence-electron chi connectivity index (χ1n) is 17.4. The Morgan fingerprint density at radius 1 is 0.783 bits per heavy atom. The number of ether oxygens (including phenoxy) is 2. The molecule has 3 rings (SSSR count). The van der Waals surface area contributed by atoms with Gasteiger partial charge in [-0.2, -0.15) is 0 Å². The molecule has 0 aromatic heterocycles. The van der Waals surface area contributed by atoms with Crippen molar-refractivity contribution in [3.63, 3.8) is 0 Å². The largest absolute Gasteiger partial charge is 0.392 e. The minimum Gasteiger partial charge on any atom is -0.392 e. The molecule has 2 N–H and O–H groups in total. The molecule has 258 valence electrons. The molecular weight excluding hydrogens is 643 g/mol. The van der Waals surface area contributed by atoms with Crippen molar-refractivity contribution in [2.24, 2.45) is 0 Å². The van der Waals surface area contributed by atoms with Gasteiger partial charge in [-0.15, -0.1) is 0 Å². The van der Waals surface area contributed by atoms with E-state index in [9.17, 15) is 9.90 Å². The Hall–Kier alpha value is -1.38. The van der Waals surface area contributed by atoms with Crippen LogP contribution in [0.1, 0.15) is 132 Å². The van der Waals surface area contributed by atoms with Gasteiger partial charge in [0.05, 0.1) is 18.8 Å². The maximum Gasteiger partial charge on any atom is 0.272 e. The van der Waals surface area contributed by atoms with Crippen molar-refractivity contribution >= 4 is 40.7 Å². The first-order valence-corrected chi connectivity index (χ1v) is 18.5. The lowest BCUT2D eigenvalue weighted by Gasteiger charge is -2.38. The van der Waals surface area contributed by atoms with Crippen LogP contribution in [-0.4, -0.2) is 45.4 Å². The summed E-state index contributed by atoms with van der Waals surface area (Å²) in [5.74, 6) is -0.662. The molecule has 0 bridgehead atoms. The molecule has 1 aliphatic heterocycles. The monoisotopic (exact) mass is 696 g/mol. The zero-order valence-corrected chi connectivity index (χ0v) is 30.1. The van der Waals surface area contributed by atoms with Crippen molar-refractivity contribution < 1.29 is 19.4 Å². The van der Waals surface area contributed by atoms with Crippen molar-refractivity contribution in [1.29, 1.82) is 0 Å². The molecule has 0 saturated carbocycles. The average Bonchev–Trinajstić information content (AvgIpc) is 3.06. The van der Waals surface area contributed by atoms with Crippen LogP contribution in [0.2, 0.25) is 0 Å². The average molecular weight is 698 g/mol. The topological polar surface area (TPSA) is 71.0 Å². The maximum absolute atomic E-state index is 12.0. The summed E-state index contributed by atoms with van der Waals surface area (Å²) in [4.78, 5) is 14.6. The fourth-order valence-electron chi connectivity index (χ4n) is 5.92. The summed E-state index contributed by atoms with van der Waals surface area (Å²) in [5, 5.41) is 12.2. The highest BCUT2D eigenvalue weighted by atomic mass is 35.6. The van der Waals surface area contributed by atoms with E-state index in [1.165, 1.54) is 77.0 Å². The molecule has 0 aliphatic carbocycles. The SMILES string of the molecule is CCCCCCCCN(CCCCCCCC)CC1CC(c2ccc(CO)cc2)OC(c2ccc(CNC(=O)C(Cl)(Cl)Cl)cc2)O1. The number of halogens is 3. The molecule has 0 spiro atoms. The number of alkyl halides is 3.